The number of hydrogen-bond acceptors (Lipinski definition) is 4. The van der Waals surface area contributed by atoms with Gasteiger partial charge in [0, 0.05) is 17.5 Å². The van der Waals surface area contributed by atoms with Crippen molar-refractivity contribution in [3.8, 4) is 0 Å². The van der Waals surface area contributed by atoms with Crippen LogP contribution in [0.5, 0.6) is 0 Å². The molecular formula is C16H28ClN3S. The van der Waals surface area contributed by atoms with Crippen molar-refractivity contribution in [2.45, 2.75) is 58.8 Å². The number of thioether (sulfide) groups is 1. The van der Waals surface area contributed by atoms with E-state index in [2.05, 4.69) is 42.3 Å². The summed E-state index contributed by atoms with van der Waals surface area (Å²) in [5.41, 5.74) is 0.845. The van der Waals surface area contributed by atoms with Crippen LogP contribution in [0.4, 0.5) is 5.82 Å². The van der Waals surface area contributed by atoms with E-state index in [1.807, 2.05) is 18.7 Å². The van der Waals surface area contributed by atoms with Gasteiger partial charge < -0.3 is 5.32 Å². The Morgan fingerprint density at radius 3 is 2.38 bits per heavy atom. The standard InChI is InChI=1S/C16H28ClN3S/c1-12-13(17)19-15(16(2,3)4)20-14(12)18-10-8-6-7-9-11-21-5/h6-11H2,1-5H3,(H,18,19,20). The van der Waals surface area contributed by atoms with E-state index in [1.165, 1.54) is 31.4 Å². The maximum Gasteiger partial charge on any atom is 0.137 e. The highest BCUT2D eigenvalue weighted by Crippen LogP contribution is 2.26. The fourth-order valence-electron chi connectivity index (χ4n) is 1.93. The molecule has 0 aliphatic heterocycles. The fourth-order valence-corrected chi connectivity index (χ4v) is 2.59. The van der Waals surface area contributed by atoms with Gasteiger partial charge in [-0.15, -0.1) is 0 Å². The average Bonchev–Trinajstić information content (AvgIpc) is 2.41. The molecule has 3 nitrogen and oxygen atoms in total. The number of anilines is 1. The lowest BCUT2D eigenvalue weighted by molar-refractivity contribution is 0.545. The molecule has 0 fully saturated rings. The summed E-state index contributed by atoms with van der Waals surface area (Å²) in [7, 11) is 0. The van der Waals surface area contributed by atoms with E-state index in [0.717, 1.165) is 23.8 Å². The number of nitrogens with one attached hydrogen (secondary N) is 1. The van der Waals surface area contributed by atoms with Crippen LogP contribution < -0.4 is 5.32 Å². The van der Waals surface area contributed by atoms with Crippen molar-refractivity contribution in [2.75, 3.05) is 23.9 Å². The quantitative estimate of drug-likeness (QED) is 0.533. The van der Waals surface area contributed by atoms with Crippen LogP contribution in [0, 0.1) is 6.92 Å². The van der Waals surface area contributed by atoms with Gasteiger partial charge in [0.1, 0.15) is 16.8 Å². The molecule has 1 rings (SSSR count). The molecule has 0 aromatic carbocycles. The summed E-state index contributed by atoms with van der Waals surface area (Å²) >= 11 is 8.15. The number of aromatic nitrogens is 2. The second kappa shape index (κ2) is 8.84. The molecule has 5 heteroatoms. The van der Waals surface area contributed by atoms with Crippen molar-refractivity contribution in [2.24, 2.45) is 0 Å². The molecule has 0 aliphatic carbocycles. The Morgan fingerprint density at radius 1 is 1.10 bits per heavy atom. The van der Waals surface area contributed by atoms with Gasteiger partial charge in [0.15, 0.2) is 0 Å². The maximum atomic E-state index is 6.23. The first-order chi connectivity index (χ1) is 9.86. The minimum absolute atomic E-state index is 0.0917. The van der Waals surface area contributed by atoms with Gasteiger partial charge in [-0.25, -0.2) is 9.97 Å². The molecule has 0 bridgehead atoms. The molecule has 120 valence electrons. The largest absolute Gasteiger partial charge is 0.370 e. The zero-order valence-corrected chi connectivity index (χ0v) is 15.5. The third-order valence-corrected chi connectivity index (χ3v) is 4.39. The zero-order valence-electron chi connectivity index (χ0n) is 13.9. The molecule has 0 aliphatic rings. The molecule has 0 unspecified atom stereocenters. The lowest BCUT2D eigenvalue weighted by Gasteiger charge is -2.19. The summed E-state index contributed by atoms with van der Waals surface area (Å²) in [5.74, 6) is 2.94. The van der Waals surface area contributed by atoms with Gasteiger partial charge in [-0.05, 0) is 31.8 Å². The van der Waals surface area contributed by atoms with Gasteiger partial charge in [-0.2, -0.15) is 11.8 Å². The summed E-state index contributed by atoms with van der Waals surface area (Å²) in [5, 5.41) is 3.97. The molecular weight excluding hydrogens is 302 g/mol. The van der Waals surface area contributed by atoms with Crippen LogP contribution in [0.3, 0.4) is 0 Å². The maximum absolute atomic E-state index is 6.23. The third-order valence-electron chi connectivity index (χ3n) is 3.32. The van der Waals surface area contributed by atoms with Crippen LogP contribution in [0.15, 0.2) is 0 Å². The third kappa shape index (κ3) is 6.43. The second-order valence-corrected chi connectivity index (χ2v) is 7.74. The Morgan fingerprint density at radius 2 is 1.76 bits per heavy atom. The first-order valence-electron chi connectivity index (χ1n) is 7.63. The number of nitrogens with zero attached hydrogens (tertiary/aromatic N) is 2. The van der Waals surface area contributed by atoms with E-state index in [-0.39, 0.29) is 5.41 Å². The number of hydrogen-bond donors (Lipinski definition) is 1. The summed E-state index contributed by atoms with van der Waals surface area (Å²) in [6.45, 7) is 9.21. The van der Waals surface area contributed by atoms with Crippen molar-refractivity contribution in [3.63, 3.8) is 0 Å². The normalized spacial score (nSPS) is 11.7. The topological polar surface area (TPSA) is 37.8 Å². The molecule has 0 amide bonds. The van der Waals surface area contributed by atoms with E-state index in [0.29, 0.717) is 5.15 Å². The van der Waals surface area contributed by atoms with Crippen LogP contribution in [0.2, 0.25) is 5.15 Å². The van der Waals surface area contributed by atoms with Crippen molar-refractivity contribution in [1.29, 1.82) is 0 Å². The zero-order chi connectivity index (χ0) is 15.9. The number of halogens is 1. The van der Waals surface area contributed by atoms with Crippen LogP contribution in [0.1, 0.15) is 57.8 Å². The lowest BCUT2D eigenvalue weighted by Crippen LogP contribution is -2.18. The van der Waals surface area contributed by atoms with Gasteiger partial charge in [0.2, 0.25) is 0 Å². The van der Waals surface area contributed by atoms with Crippen LogP contribution in [0.25, 0.3) is 0 Å². The molecule has 21 heavy (non-hydrogen) atoms. The number of rotatable bonds is 8. The Kier molecular flexibility index (Phi) is 7.82. The smallest absolute Gasteiger partial charge is 0.137 e. The predicted octanol–water partition coefficient (Wildman–Crippen LogP) is 5.07. The average molecular weight is 330 g/mol. The fraction of sp³-hybridized carbons (Fsp3) is 0.750. The van der Waals surface area contributed by atoms with Crippen LogP contribution >= 0.6 is 23.4 Å². The first kappa shape index (κ1) is 18.6. The van der Waals surface area contributed by atoms with Crippen LogP contribution in [-0.4, -0.2) is 28.5 Å². The monoisotopic (exact) mass is 329 g/mol. The molecule has 0 spiro atoms. The van der Waals surface area contributed by atoms with Crippen molar-refractivity contribution in [1.82, 2.24) is 9.97 Å². The molecule has 0 saturated heterocycles. The van der Waals surface area contributed by atoms with Gasteiger partial charge in [-0.3, -0.25) is 0 Å². The molecule has 0 atom stereocenters. The van der Waals surface area contributed by atoms with Gasteiger partial charge in [0.05, 0.1) is 0 Å². The van der Waals surface area contributed by atoms with E-state index < -0.39 is 0 Å². The van der Waals surface area contributed by atoms with Crippen molar-refractivity contribution < 1.29 is 0 Å². The lowest BCUT2D eigenvalue weighted by atomic mass is 9.95. The second-order valence-electron chi connectivity index (χ2n) is 6.40. The highest BCUT2D eigenvalue weighted by atomic mass is 35.5. The Labute approximate surface area is 138 Å². The molecule has 1 heterocycles. The summed E-state index contributed by atoms with van der Waals surface area (Å²) < 4.78 is 0. The minimum atomic E-state index is -0.0917. The first-order valence-corrected chi connectivity index (χ1v) is 9.41. The van der Waals surface area contributed by atoms with Gasteiger partial charge in [-0.1, -0.05) is 45.2 Å². The van der Waals surface area contributed by atoms with Crippen LogP contribution in [-0.2, 0) is 5.41 Å². The predicted molar refractivity (Wildman–Crippen MR) is 95.8 cm³/mol. The SMILES string of the molecule is CSCCCCCCNc1nc(C(C)(C)C)nc(Cl)c1C. The van der Waals surface area contributed by atoms with E-state index in [4.69, 9.17) is 11.6 Å². The van der Waals surface area contributed by atoms with Crippen molar-refractivity contribution in [3.05, 3.63) is 16.5 Å². The van der Waals surface area contributed by atoms with Gasteiger partial charge in [0.25, 0.3) is 0 Å². The highest BCUT2D eigenvalue weighted by Gasteiger charge is 2.20. The summed E-state index contributed by atoms with van der Waals surface area (Å²) in [6.07, 6.45) is 7.21. The Bertz CT molecular complexity index is 444. The Hall–Kier alpha value is -0.480. The minimum Gasteiger partial charge on any atom is -0.370 e. The molecule has 1 N–H and O–H groups in total. The van der Waals surface area contributed by atoms with E-state index in [1.54, 1.807) is 0 Å². The molecule has 0 saturated carbocycles. The highest BCUT2D eigenvalue weighted by molar-refractivity contribution is 7.98. The number of unbranched alkanes of at least 4 members (excludes halogenated alkanes) is 3. The van der Waals surface area contributed by atoms with Gasteiger partial charge >= 0.3 is 0 Å². The summed E-state index contributed by atoms with van der Waals surface area (Å²) in [6, 6.07) is 0. The molecule has 1 aromatic heterocycles. The summed E-state index contributed by atoms with van der Waals surface area (Å²) in [4.78, 5) is 9.04. The molecule has 0 radical (unpaired) electrons. The van der Waals surface area contributed by atoms with Crippen molar-refractivity contribution >= 4 is 29.2 Å². The van der Waals surface area contributed by atoms with E-state index in [9.17, 15) is 0 Å². The Balaban J connectivity index is 2.53. The molecule has 1 aromatic rings. The van der Waals surface area contributed by atoms with E-state index >= 15 is 0 Å².